The third-order valence-electron chi connectivity index (χ3n) is 2.26. The molecular formula is C9H19N3O2. The number of carbonyl (C=O) groups excluding carboxylic acids is 1. The van der Waals surface area contributed by atoms with Gasteiger partial charge in [0.15, 0.2) is 5.84 Å². The van der Waals surface area contributed by atoms with E-state index in [1.54, 1.807) is 14.0 Å². The zero-order chi connectivity index (χ0) is 11.1. The van der Waals surface area contributed by atoms with Crippen molar-refractivity contribution in [1.82, 2.24) is 4.90 Å². The highest BCUT2D eigenvalue weighted by molar-refractivity contribution is 5.89. The number of unbranched alkanes of at least 4 members (excludes halogenated alkanes) is 1. The van der Waals surface area contributed by atoms with E-state index < -0.39 is 0 Å². The zero-order valence-corrected chi connectivity index (χ0v) is 9.03. The van der Waals surface area contributed by atoms with Gasteiger partial charge in [0.1, 0.15) is 0 Å². The van der Waals surface area contributed by atoms with E-state index in [4.69, 9.17) is 10.9 Å². The van der Waals surface area contributed by atoms with Crippen LogP contribution in [0.5, 0.6) is 0 Å². The molecule has 0 heterocycles. The van der Waals surface area contributed by atoms with Crippen LogP contribution in [0.2, 0.25) is 0 Å². The molecule has 0 spiro atoms. The minimum atomic E-state index is -0.357. The second-order valence-corrected chi connectivity index (χ2v) is 3.31. The van der Waals surface area contributed by atoms with E-state index in [9.17, 15) is 4.79 Å². The predicted molar refractivity (Wildman–Crippen MR) is 55.2 cm³/mol. The molecule has 0 fully saturated rings. The van der Waals surface area contributed by atoms with E-state index in [-0.39, 0.29) is 17.8 Å². The molecule has 14 heavy (non-hydrogen) atoms. The van der Waals surface area contributed by atoms with Crippen molar-refractivity contribution in [2.24, 2.45) is 10.9 Å². The van der Waals surface area contributed by atoms with E-state index in [0.717, 1.165) is 12.8 Å². The van der Waals surface area contributed by atoms with E-state index in [2.05, 4.69) is 5.16 Å². The Morgan fingerprint density at radius 3 is 2.64 bits per heavy atom. The summed E-state index contributed by atoms with van der Waals surface area (Å²) in [5, 5.41) is 11.3. The van der Waals surface area contributed by atoms with Crippen molar-refractivity contribution in [3.63, 3.8) is 0 Å². The van der Waals surface area contributed by atoms with Crippen molar-refractivity contribution < 1.29 is 10.0 Å². The number of nitrogens with two attached hydrogens (primary N) is 1. The lowest BCUT2D eigenvalue weighted by atomic mass is 10.2. The summed E-state index contributed by atoms with van der Waals surface area (Å²) in [5.41, 5.74) is 5.39. The summed E-state index contributed by atoms with van der Waals surface area (Å²) in [6.45, 7) is 3.75. The maximum atomic E-state index is 11.5. The fourth-order valence-electron chi connectivity index (χ4n) is 1.00. The van der Waals surface area contributed by atoms with Gasteiger partial charge in [0.2, 0.25) is 5.91 Å². The lowest BCUT2D eigenvalue weighted by Crippen LogP contribution is -2.43. The first-order chi connectivity index (χ1) is 6.54. The molecule has 82 valence electrons. The maximum absolute atomic E-state index is 11.5. The number of nitrogens with zero attached hydrogens (tertiary/aromatic N) is 2. The van der Waals surface area contributed by atoms with Crippen LogP contribution in [0.25, 0.3) is 0 Å². The monoisotopic (exact) mass is 201 g/mol. The Hall–Kier alpha value is -1.26. The van der Waals surface area contributed by atoms with Gasteiger partial charge < -0.3 is 15.8 Å². The number of amidine groups is 1. The highest BCUT2D eigenvalue weighted by Gasteiger charge is 2.18. The van der Waals surface area contributed by atoms with Crippen molar-refractivity contribution in [3.8, 4) is 0 Å². The molecule has 5 nitrogen and oxygen atoms in total. The molecule has 0 aromatic carbocycles. The van der Waals surface area contributed by atoms with Gasteiger partial charge in [-0.1, -0.05) is 18.5 Å². The van der Waals surface area contributed by atoms with Crippen molar-refractivity contribution in [3.05, 3.63) is 0 Å². The standard InChI is InChI=1S/C9H19N3O2/c1-4-5-6-8(13)12(3)7(2)9(10)11-14/h7,14H,4-6H2,1-3H3,(H2,10,11). The minimum Gasteiger partial charge on any atom is -0.409 e. The van der Waals surface area contributed by atoms with Gasteiger partial charge in [-0.3, -0.25) is 4.79 Å². The number of amides is 1. The molecule has 5 heteroatoms. The fourth-order valence-corrected chi connectivity index (χ4v) is 1.00. The van der Waals surface area contributed by atoms with Crippen LogP contribution in [-0.2, 0) is 4.79 Å². The summed E-state index contributed by atoms with van der Waals surface area (Å²) in [5.74, 6) is 0.0725. The molecule has 0 aliphatic heterocycles. The van der Waals surface area contributed by atoms with Crippen LogP contribution in [0.3, 0.4) is 0 Å². The Bertz CT molecular complexity index is 216. The number of likely N-dealkylation sites (N-methyl/N-ethyl adjacent to an activating group) is 1. The van der Waals surface area contributed by atoms with Crippen molar-refractivity contribution in [2.45, 2.75) is 39.2 Å². The predicted octanol–water partition coefficient (Wildman–Crippen LogP) is 0.770. The van der Waals surface area contributed by atoms with Crippen LogP contribution >= 0.6 is 0 Å². The molecule has 0 saturated carbocycles. The molecule has 0 saturated heterocycles. The molecule has 0 aliphatic rings. The smallest absolute Gasteiger partial charge is 0.222 e. The quantitative estimate of drug-likeness (QED) is 0.298. The summed E-state index contributed by atoms with van der Waals surface area (Å²) in [4.78, 5) is 13.0. The van der Waals surface area contributed by atoms with Gasteiger partial charge in [-0.25, -0.2) is 0 Å². The molecule has 0 radical (unpaired) electrons. The second-order valence-electron chi connectivity index (χ2n) is 3.31. The Labute approximate surface area is 84.6 Å². The van der Waals surface area contributed by atoms with Crippen LogP contribution in [0, 0.1) is 0 Å². The number of hydrogen-bond donors (Lipinski definition) is 2. The summed E-state index contributed by atoms with van der Waals surface area (Å²) < 4.78 is 0. The highest BCUT2D eigenvalue weighted by Crippen LogP contribution is 2.03. The lowest BCUT2D eigenvalue weighted by Gasteiger charge is -2.23. The van der Waals surface area contributed by atoms with E-state index in [1.807, 2.05) is 6.92 Å². The number of carbonyl (C=O) groups is 1. The third kappa shape index (κ3) is 3.64. The summed E-state index contributed by atoms with van der Waals surface area (Å²) in [7, 11) is 1.65. The summed E-state index contributed by atoms with van der Waals surface area (Å²) >= 11 is 0. The van der Waals surface area contributed by atoms with Gasteiger partial charge in [-0.15, -0.1) is 0 Å². The van der Waals surface area contributed by atoms with Crippen molar-refractivity contribution in [2.75, 3.05) is 7.05 Å². The van der Waals surface area contributed by atoms with Gasteiger partial charge in [0, 0.05) is 13.5 Å². The van der Waals surface area contributed by atoms with Crippen LogP contribution in [0.1, 0.15) is 33.1 Å². The molecule has 0 aliphatic carbocycles. The molecule has 0 aromatic rings. The Morgan fingerprint density at radius 1 is 1.64 bits per heavy atom. The highest BCUT2D eigenvalue weighted by atomic mass is 16.4. The first-order valence-electron chi connectivity index (χ1n) is 4.77. The SMILES string of the molecule is CCCCC(=O)N(C)C(C)C(N)=NO. The molecule has 1 atom stereocenters. The third-order valence-corrected chi connectivity index (χ3v) is 2.26. The molecule has 0 bridgehead atoms. The average Bonchev–Trinajstić information content (AvgIpc) is 2.22. The van der Waals surface area contributed by atoms with Crippen LogP contribution in [-0.4, -0.2) is 34.9 Å². The van der Waals surface area contributed by atoms with E-state index >= 15 is 0 Å². The summed E-state index contributed by atoms with van der Waals surface area (Å²) in [6, 6.07) is -0.357. The first kappa shape index (κ1) is 12.7. The topological polar surface area (TPSA) is 78.9 Å². The van der Waals surface area contributed by atoms with Gasteiger partial charge >= 0.3 is 0 Å². The average molecular weight is 201 g/mol. The number of hydrogen-bond acceptors (Lipinski definition) is 3. The molecule has 1 amide bonds. The minimum absolute atomic E-state index is 0.0194. The van der Waals surface area contributed by atoms with Gasteiger partial charge in [-0.05, 0) is 13.3 Å². The Morgan fingerprint density at radius 2 is 2.21 bits per heavy atom. The fraction of sp³-hybridized carbons (Fsp3) is 0.778. The normalized spacial score (nSPS) is 13.8. The maximum Gasteiger partial charge on any atom is 0.222 e. The van der Waals surface area contributed by atoms with E-state index in [0.29, 0.717) is 6.42 Å². The molecule has 0 rings (SSSR count). The van der Waals surface area contributed by atoms with Crippen LogP contribution in [0.4, 0.5) is 0 Å². The zero-order valence-electron chi connectivity index (χ0n) is 9.03. The van der Waals surface area contributed by atoms with Crippen molar-refractivity contribution >= 4 is 11.7 Å². The van der Waals surface area contributed by atoms with Crippen LogP contribution in [0.15, 0.2) is 5.16 Å². The first-order valence-corrected chi connectivity index (χ1v) is 4.77. The number of rotatable bonds is 5. The van der Waals surface area contributed by atoms with Gasteiger partial charge in [-0.2, -0.15) is 0 Å². The Kier molecular flexibility index (Phi) is 5.67. The van der Waals surface area contributed by atoms with Gasteiger partial charge in [0.25, 0.3) is 0 Å². The lowest BCUT2D eigenvalue weighted by molar-refractivity contribution is -0.130. The number of oxime groups is 1. The largest absolute Gasteiger partial charge is 0.409 e. The van der Waals surface area contributed by atoms with Crippen LogP contribution < -0.4 is 5.73 Å². The van der Waals surface area contributed by atoms with Crippen molar-refractivity contribution in [1.29, 1.82) is 0 Å². The van der Waals surface area contributed by atoms with Gasteiger partial charge in [0.05, 0.1) is 6.04 Å². The molecule has 3 N–H and O–H groups in total. The van der Waals surface area contributed by atoms with E-state index in [1.165, 1.54) is 4.90 Å². The molecule has 0 aromatic heterocycles. The second kappa shape index (κ2) is 6.23. The Balaban J connectivity index is 4.17. The molecular weight excluding hydrogens is 182 g/mol. The molecule has 1 unspecified atom stereocenters. The summed E-state index contributed by atoms with van der Waals surface area (Å²) in [6.07, 6.45) is 2.36.